The van der Waals surface area contributed by atoms with Crippen molar-refractivity contribution < 1.29 is 4.79 Å². The van der Waals surface area contributed by atoms with E-state index in [1.54, 1.807) is 11.3 Å². The van der Waals surface area contributed by atoms with Crippen LogP contribution in [0.1, 0.15) is 56.0 Å². The van der Waals surface area contributed by atoms with Crippen molar-refractivity contribution in [2.45, 2.75) is 51.0 Å². The molecule has 4 rings (SSSR count). The van der Waals surface area contributed by atoms with Crippen LogP contribution >= 0.6 is 11.3 Å². The number of nitrogens with one attached hydrogen (secondary N) is 1. The number of hydrogen-bond donors (Lipinski definition) is 1. The Morgan fingerprint density at radius 2 is 2.25 bits per heavy atom. The summed E-state index contributed by atoms with van der Waals surface area (Å²) in [5, 5.41) is 6.37. The Labute approximate surface area is 124 Å². The van der Waals surface area contributed by atoms with E-state index in [1.807, 2.05) is 11.6 Å². The quantitative estimate of drug-likeness (QED) is 0.901. The highest BCUT2D eigenvalue weighted by Gasteiger charge is 2.41. The highest BCUT2D eigenvalue weighted by Crippen LogP contribution is 2.49. The zero-order valence-corrected chi connectivity index (χ0v) is 12.6. The second kappa shape index (κ2) is 5.14. The van der Waals surface area contributed by atoms with E-state index in [0.717, 1.165) is 23.3 Å². The van der Waals surface area contributed by atoms with Crippen LogP contribution in [0.15, 0.2) is 11.6 Å². The molecule has 0 aromatic carbocycles. The summed E-state index contributed by atoms with van der Waals surface area (Å²) in [6.07, 6.45) is 10.5. The van der Waals surface area contributed by atoms with Crippen LogP contribution in [0, 0.1) is 23.7 Å². The Kier molecular flexibility index (Phi) is 3.29. The van der Waals surface area contributed by atoms with Crippen LogP contribution in [0.25, 0.3) is 0 Å². The zero-order valence-electron chi connectivity index (χ0n) is 11.8. The molecule has 0 unspecified atom stereocenters. The molecule has 4 heteroatoms. The summed E-state index contributed by atoms with van der Waals surface area (Å²) in [5.74, 6) is 3.31. The third-order valence-electron chi connectivity index (χ3n) is 5.46. The minimum atomic E-state index is 0.182. The fourth-order valence-electron chi connectivity index (χ4n) is 4.30. The highest BCUT2D eigenvalue weighted by molar-refractivity contribution is 7.09. The lowest BCUT2D eigenvalue weighted by Crippen LogP contribution is -2.32. The van der Waals surface area contributed by atoms with Gasteiger partial charge in [0.15, 0.2) is 0 Å². The molecule has 0 radical (unpaired) electrons. The first-order valence-corrected chi connectivity index (χ1v) is 8.86. The van der Waals surface area contributed by atoms with Gasteiger partial charge in [0.25, 0.3) is 0 Å². The lowest BCUT2D eigenvalue weighted by Gasteiger charge is -2.22. The Morgan fingerprint density at radius 1 is 1.35 bits per heavy atom. The maximum absolute atomic E-state index is 12.4. The smallest absolute Gasteiger partial charge is 0.220 e. The fraction of sp³-hybridized carbons (Fsp3) is 0.750. The molecule has 0 spiro atoms. The maximum atomic E-state index is 12.4. The monoisotopic (exact) mass is 290 g/mol. The third-order valence-corrected chi connectivity index (χ3v) is 6.32. The van der Waals surface area contributed by atoms with Crippen molar-refractivity contribution in [3.05, 3.63) is 16.6 Å². The molecule has 0 saturated heterocycles. The van der Waals surface area contributed by atoms with Gasteiger partial charge in [0.05, 0.1) is 6.04 Å². The molecule has 1 aromatic heterocycles. The summed E-state index contributed by atoms with van der Waals surface area (Å²) in [7, 11) is 0. The predicted molar refractivity (Wildman–Crippen MR) is 79.3 cm³/mol. The van der Waals surface area contributed by atoms with Gasteiger partial charge in [0, 0.05) is 18.0 Å². The Bertz CT molecular complexity index is 483. The lowest BCUT2D eigenvalue weighted by atomic mass is 9.86. The normalized spacial score (nSPS) is 33.3. The largest absolute Gasteiger partial charge is 0.347 e. The summed E-state index contributed by atoms with van der Waals surface area (Å²) in [6.45, 7) is 0. The van der Waals surface area contributed by atoms with Crippen LogP contribution in [0.3, 0.4) is 0 Å². The summed E-state index contributed by atoms with van der Waals surface area (Å²) in [6, 6.07) is 0.182. The molecule has 3 saturated carbocycles. The highest BCUT2D eigenvalue weighted by atomic mass is 32.1. The van der Waals surface area contributed by atoms with Gasteiger partial charge in [-0.15, -0.1) is 11.3 Å². The van der Waals surface area contributed by atoms with Gasteiger partial charge in [-0.1, -0.05) is 6.42 Å². The van der Waals surface area contributed by atoms with Crippen LogP contribution in [-0.2, 0) is 4.79 Å². The number of carbonyl (C=O) groups is 1. The first-order chi connectivity index (χ1) is 9.79. The molecular formula is C16H22N2OS. The number of aromatic nitrogens is 1. The van der Waals surface area contributed by atoms with Crippen molar-refractivity contribution in [2.75, 3.05) is 0 Å². The van der Waals surface area contributed by atoms with E-state index in [-0.39, 0.29) is 11.9 Å². The molecule has 1 N–H and O–H groups in total. The van der Waals surface area contributed by atoms with Crippen molar-refractivity contribution in [1.82, 2.24) is 10.3 Å². The van der Waals surface area contributed by atoms with E-state index in [9.17, 15) is 4.79 Å². The second-order valence-electron chi connectivity index (χ2n) is 6.89. The van der Waals surface area contributed by atoms with Gasteiger partial charge in [-0.05, 0) is 55.8 Å². The van der Waals surface area contributed by atoms with Gasteiger partial charge in [-0.2, -0.15) is 0 Å². The molecule has 3 aliphatic carbocycles. The summed E-state index contributed by atoms with van der Waals surface area (Å²) in [5.41, 5.74) is 0. The number of nitrogens with zero attached hydrogens (tertiary/aromatic N) is 1. The molecule has 4 atom stereocenters. The van der Waals surface area contributed by atoms with Crippen molar-refractivity contribution in [2.24, 2.45) is 23.7 Å². The lowest BCUT2D eigenvalue weighted by molar-refractivity contribution is -0.123. The number of amides is 1. The second-order valence-corrected chi connectivity index (χ2v) is 7.82. The summed E-state index contributed by atoms with van der Waals surface area (Å²) >= 11 is 1.67. The average Bonchev–Trinajstić information content (AvgIpc) is 2.88. The van der Waals surface area contributed by atoms with Crippen LogP contribution in [0.2, 0.25) is 0 Å². The molecule has 3 nitrogen and oxygen atoms in total. The van der Waals surface area contributed by atoms with E-state index in [0.29, 0.717) is 11.8 Å². The molecule has 1 amide bonds. The molecule has 20 heavy (non-hydrogen) atoms. The van der Waals surface area contributed by atoms with Gasteiger partial charge in [-0.3, -0.25) is 4.79 Å². The molecule has 3 aliphatic rings. The van der Waals surface area contributed by atoms with Gasteiger partial charge < -0.3 is 5.32 Å². The summed E-state index contributed by atoms with van der Waals surface area (Å²) < 4.78 is 0. The van der Waals surface area contributed by atoms with Crippen molar-refractivity contribution >= 4 is 17.2 Å². The number of hydrogen-bond acceptors (Lipinski definition) is 3. The molecule has 2 bridgehead atoms. The standard InChI is InChI=1S/C16H22N2OS/c19-14(9-13-8-10-1-2-12(13)7-10)18-15(11-3-4-11)16-17-5-6-20-16/h5-6,10-13,15H,1-4,7-9H2,(H,18,19)/t10-,12-,13-,15-/m0/s1. The molecule has 3 fully saturated rings. The van der Waals surface area contributed by atoms with Crippen molar-refractivity contribution in [1.29, 1.82) is 0 Å². The van der Waals surface area contributed by atoms with Crippen LogP contribution in [0.4, 0.5) is 0 Å². The van der Waals surface area contributed by atoms with Gasteiger partial charge in [0.2, 0.25) is 5.91 Å². The van der Waals surface area contributed by atoms with E-state index in [1.165, 1.54) is 38.5 Å². The molecule has 1 heterocycles. The predicted octanol–water partition coefficient (Wildman–Crippen LogP) is 3.54. The van der Waals surface area contributed by atoms with E-state index in [4.69, 9.17) is 0 Å². The van der Waals surface area contributed by atoms with Gasteiger partial charge in [0.1, 0.15) is 5.01 Å². The minimum absolute atomic E-state index is 0.182. The topological polar surface area (TPSA) is 42.0 Å². The van der Waals surface area contributed by atoms with Gasteiger partial charge >= 0.3 is 0 Å². The number of rotatable bonds is 5. The Morgan fingerprint density at radius 3 is 2.85 bits per heavy atom. The zero-order chi connectivity index (χ0) is 13.5. The number of thiazole rings is 1. The Balaban J connectivity index is 1.36. The first kappa shape index (κ1) is 12.8. The number of fused-ring (bicyclic) bond motifs is 2. The molecule has 0 aliphatic heterocycles. The van der Waals surface area contributed by atoms with E-state index < -0.39 is 0 Å². The fourth-order valence-corrected chi connectivity index (χ4v) is 5.08. The average molecular weight is 290 g/mol. The number of carbonyl (C=O) groups excluding carboxylic acids is 1. The third kappa shape index (κ3) is 2.50. The maximum Gasteiger partial charge on any atom is 0.220 e. The summed E-state index contributed by atoms with van der Waals surface area (Å²) in [4.78, 5) is 16.8. The SMILES string of the molecule is O=C(C[C@@H]1C[C@H]2CC[C@H]1C2)N[C@H](c1nccs1)C1CC1. The molecule has 108 valence electrons. The minimum Gasteiger partial charge on any atom is -0.347 e. The molecular weight excluding hydrogens is 268 g/mol. The van der Waals surface area contributed by atoms with E-state index >= 15 is 0 Å². The van der Waals surface area contributed by atoms with Crippen LogP contribution < -0.4 is 5.32 Å². The van der Waals surface area contributed by atoms with E-state index in [2.05, 4.69) is 10.3 Å². The van der Waals surface area contributed by atoms with Gasteiger partial charge in [-0.25, -0.2) is 4.98 Å². The Hall–Kier alpha value is -0.900. The van der Waals surface area contributed by atoms with Crippen LogP contribution in [0.5, 0.6) is 0 Å². The van der Waals surface area contributed by atoms with Crippen molar-refractivity contribution in [3.8, 4) is 0 Å². The van der Waals surface area contributed by atoms with Crippen molar-refractivity contribution in [3.63, 3.8) is 0 Å². The first-order valence-electron chi connectivity index (χ1n) is 7.98. The van der Waals surface area contributed by atoms with Crippen LogP contribution in [-0.4, -0.2) is 10.9 Å². The molecule has 1 aromatic rings.